The molecular weight excluding hydrogens is 212 g/mol. The number of likely N-dealkylation sites (tertiary alicyclic amines) is 1. The lowest BCUT2D eigenvalue weighted by Crippen LogP contribution is -2.48. The van der Waals surface area contributed by atoms with Gasteiger partial charge >= 0.3 is 0 Å². The van der Waals surface area contributed by atoms with E-state index < -0.39 is 0 Å². The number of nitrogens with zero attached hydrogens (tertiary/aromatic N) is 1. The van der Waals surface area contributed by atoms with Crippen molar-refractivity contribution in [2.24, 2.45) is 11.7 Å². The Labute approximate surface area is 106 Å². The summed E-state index contributed by atoms with van der Waals surface area (Å²) >= 11 is 0. The van der Waals surface area contributed by atoms with Crippen LogP contribution >= 0.6 is 0 Å². The molecule has 0 aromatic rings. The second-order valence-corrected chi connectivity index (χ2v) is 6.93. The van der Waals surface area contributed by atoms with E-state index in [0.29, 0.717) is 12.0 Å². The van der Waals surface area contributed by atoms with Crippen molar-refractivity contribution in [3.8, 4) is 0 Å². The smallest absolute Gasteiger partial charge is 0.0788 e. The van der Waals surface area contributed by atoms with Crippen molar-refractivity contribution >= 4 is 0 Å². The van der Waals surface area contributed by atoms with E-state index in [1.165, 1.54) is 19.4 Å². The molecular formula is C14H28N2O. The minimum atomic E-state index is -0.197. The van der Waals surface area contributed by atoms with Gasteiger partial charge in [-0.3, -0.25) is 0 Å². The molecule has 0 spiro atoms. The van der Waals surface area contributed by atoms with E-state index in [1.54, 1.807) is 0 Å². The molecule has 0 aliphatic carbocycles. The van der Waals surface area contributed by atoms with Crippen molar-refractivity contribution in [1.29, 1.82) is 0 Å². The second-order valence-electron chi connectivity index (χ2n) is 6.93. The highest BCUT2D eigenvalue weighted by molar-refractivity contribution is 5.05. The Morgan fingerprint density at radius 3 is 2.29 bits per heavy atom. The summed E-state index contributed by atoms with van der Waals surface area (Å²) in [6.07, 6.45) is 2.65. The molecule has 3 heteroatoms. The lowest BCUT2D eigenvalue weighted by Gasteiger charge is -2.33. The van der Waals surface area contributed by atoms with Gasteiger partial charge < -0.3 is 15.4 Å². The lowest BCUT2D eigenvalue weighted by atomic mass is 9.82. The van der Waals surface area contributed by atoms with Gasteiger partial charge in [-0.2, -0.15) is 0 Å². The van der Waals surface area contributed by atoms with E-state index in [1.807, 2.05) is 0 Å². The highest BCUT2D eigenvalue weighted by Gasteiger charge is 2.52. The van der Waals surface area contributed by atoms with Gasteiger partial charge in [0.25, 0.3) is 0 Å². The first-order valence-corrected chi connectivity index (χ1v) is 6.94. The van der Waals surface area contributed by atoms with Crippen molar-refractivity contribution in [2.75, 3.05) is 13.1 Å². The van der Waals surface area contributed by atoms with Gasteiger partial charge in [0, 0.05) is 24.5 Å². The van der Waals surface area contributed by atoms with Crippen LogP contribution in [-0.2, 0) is 4.74 Å². The molecule has 0 radical (unpaired) electrons. The third-order valence-electron chi connectivity index (χ3n) is 4.78. The van der Waals surface area contributed by atoms with Crippen molar-refractivity contribution < 1.29 is 4.74 Å². The van der Waals surface area contributed by atoms with Gasteiger partial charge in [-0.15, -0.1) is 0 Å². The first-order chi connectivity index (χ1) is 7.74. The summed E-state index contributed by atoms with van der Waals surface area (Å²) in [6.45, 7) is 13.2. The zero-order valence-corrected chi connectivity index (χ0v) is 12.0. The zero-order chi connectivity index (χ0) is 12.8. The van der Waals surface area contributed by atoms with Gasteiger partial charge in [0.1, 0.15) is 0 Å². The molecule has 0 bridgehead atoms. The van der Waals surface area contributed by atoms with Crippen LogP contribution in [-0.4, -0.2) is 41.3 Å². The number of hydrogen-bond acceptors (Lipinski definition) is 3. The fourth-order valence-corrected chi connectivity index (χ4v) is 3.59. The third kappa shape index (κ3) is 2.38. The predicted molar refractivity (Wildman–Crippen MR) is 71.0 cm³/mol. The fourth-order valence-electron chi connectivity index (χ4n) is 3.59. The first kappa shape index (κ1) is 13.3. The van der Waals surface area contributed by atoms with Gasteiger partial charge in [-0.25, -0.2) is 0 Å². The van der Waals surface area contributed by atoms with E-state index in [4.69, 9.17) is 10.5 Å². The molecule has 2 heterocycles. The average Bonchev–Trinajstić information content (AvgIpc) is 2.62. The van der Waals surface area contributed by atoms with Crippen LogP contribution < -0.4 is 5.73 Å². The van der Waals surface area contributed by atoms with Gasteiger partial charge in [0.05, 0.1) is 11.2 Å². The van der Waals surface area contributed by atoms with E-state index in [2.05, 4.69) is 39.5 Å². The largest absolute Gasteiger partial charge is 0.368 e. The van der Waals surface area contributed by atoms with Gasteiger partial charge in [0.15, 0.2) is 0 Å². The first-order valence-electron chi connectivity index (χ1n) is 6.94. The second kappa shape index (κ2) is 4.22. The molecule has 3 unspecified atom stereocenters. The number of nitrogens with two attached hydrogens (primary N) is 1. The molecule has 3 atom stereocenters. The van der Waals surface area contributed by atoms with Gasteiger partial charge in [-0.1, -0.05) is 0 Å². The van der Waals surface area contributed by atoms with Gasteiger partial charge in [-0.05, 0) is 54.0 Å². The van der Waals surface area contributed by atoms with Crippen LogP contribution in [0.25, 0.3) is 0 Å². The normalized spacial score (nSPS) is 40.9. The van der Waals surface area contributed by atoms with Gasteiger partial charge in [0.2, 0.25) is 0 Å². The summed E-state index contributed by atoms with van der Waals surface area (Å²) in [6, 6.07) is 0.840. The molecule has 2 N–H and O–H groups in total. The van der Waals surface area contributed by atoms with Crippen LogP contribution in [0, 0.1) is 5.92 Å². The topological polar surface area (TPSA) is 38.5 Å². The third-order valence-corrected chi connectivity index (χ3v) is 4.78. The maximum Gasteiger partial charge on any atom is 0.0788 e. The summed E-state index contributed by atoms with van der Waals surface area (Å²) in [5, 5.41) is 0. The Morgan fingerprint density at radius 2 is 1.88 bits per heavy atom. The van der Waals surface area contributed by atoms with Crippen LogP contribution in [0.1, 0.15) is 47.5 Å². The molecule has 2 rings (SSSR count). The SMILES string of the molecule is CC1CCCN1CC1C(N)C(C)(C)OC1(C)C. The Kier molecular flexibility index (Phi) is 3.30. The maximum absolute atomic E-state index is 6.40. The summed E-state index contributed by atoms with van der Waals surface area (Å²) < 4.78 is 6.15. The maximum atomic E-state index is 6.40. The molecule has 2 fully saturated rings. The highest BCUT2D eigenvalue weighted by atomic mass is 16.5. The standard InChI is InChI=1S/C14H28N2O/c1-10-7-6-8-16(10)9-11-12(15)14(4,5)17-13(11,2)3/h10-12H,6-9,15H2,1-5H3. The van der Waals surface area contributed by atoms with E-state index in [-0.39, 0.29) is 17.2 Å². The number of hydrogen-bond donors (Lipinski definition) is 1. The summed E-state index contributed by atoms with van der Waals surface area (Å²) in [5.41, 5.74) is 6.10. The molecule has 2 saturated heterocycles. The molecule has 3 nitrogen and oxygen atoms in total. The molecule has 0 aromatic heterocycles. The molecule has 2 aliphatic heterocycles. The molecule has 17 heavy (non-hydrogen) atoms. The highest BCUT2D eigenvalue weighted by Crippen LogP contribution is 2.42. The average molecular weight is 240 g/mol. The minimum absolute atomic E-state index is 0.106. The summed E-state index contributed by atoms with van der Waals surface area (Å²) in [4.78, 5) is 2.58. The Hall–Kier alpha value is -0.120. The van der Waals surface area contributed by atoms with E-state index in [9.17, 15) is 0 Å². The van der Waals surface area contributed by atoms with Crippen LogP contribution in [0.5, 0.6) is 0 Å². The Bertz CT molecular complexity index is 288. The fraction of sp³-hybridized carbons (Fsp3) is 1.00. The van der Waals surface area contributed by atoms with Crippen LogP contribution in [0.4, 0.5) is 0 Å². The molecule has 0 aromatic carbocycles. The molecule has 2 aliphatic rings. The Morgan fingerprint density at radius 1 is 1.24 bits per heavy atom. The van der Waals surface area contributed by atoms with Crippen LogP contribution in [0.15, 0.2) is 0 Å². The van der Waals surface area contributed by atoms with Crippen LogP contribution in [0.2, 0.25) is 0 Å². The van der Waals surface area contributed by atoms with Crippen molar-refractivity contribution in [1.82, 2.24) is 4.90 Å². The number of ether oxygens (including phenoxy) is 1. The van der Waals surface area contributed by atoms with E-state index >= 15 is 0 Å². The van der Waals surface area contributed by atoms with E-state index in [0.717, 1.165) is 6.54 Å². The summed E-state index contributed by atoms with van der Waals surface area (Å²) in [7, 11) is 0. The molecule has 0 saturated carbocycles. The predicted octanol–water partition coefficient (Wildman–Crippen LogP) is 2.00. The summed E-state index contributed by atoms with van der Waals surface area (Å²) in [5.74, 6) is 0.429. The molecule has 100 valence electrons. The van der Waals surface area contributed by atoms with Crippen molar-refractivity contribution in [2.45, 2.75) is 70.7 Å². The quantitative estimate of drug-likeness (QED) is 0.802. The number of rotatable bonds is 2. The monoisotopic (exact) mass is 240 g/mol. The molecule has 0 amide bonds. The van der Waals surface area contributed by atoms with Crippen LogP contribution in [0.3, 0.4) is 0 Å². The van der Waals surface area contributed by atoms with Crippen molar-refractivity contribution in [3.63, 3.8) is 0 Å². The zero-order valence-electron chi connectivity index (χ0n) is 12.0. The minimum Gasteiger partial charge on any atom is -0.368 e. The van der Waals surface area contributed by atoms with Crippen molar-refractivity contribution in [3.05, 3.63) is 0 Å². The lowest BCUT2D eigenvalue weighted by molar-refractivity contribution is -0.0785. The Balaban J connectivity index is 2.09.